The van der Waals surface area contributed by atoms with E-state index in [9.17, 15) is 21.6 Å². The molecule has 0 atom stereocenters. The number of hydrogen-bond donors (Lipinski definition) is 0. The van der Waals surface area contributed by atoms with Crippen LogP contribution in [0.3, 0.4) is 0 Å². The number of benzene rings is 2. The molecule has 0 radical (unpaired) electrons. The molecule has 2 aromatic carbocycles. The first kappa shape index (κ1) is 16.5. The van der Waals surface area contributed by atoms with E-state index in [1.54, 1.807) is 24.3 Å². The Kier molecular flexibility index (Phi) is 4.66. The van der Waals surface area contributed by atoms with Crippen molar-refractivity contribution in [1.29, 1.82) is 5.26 Å². The summed E-state index contributed by atoms with van der Waals surface area (Å²) < 4.78 is 67.8. The van der Waals surface area contributed by atoms with Crippen LogP contribution in [0.25, 0.3) is 0 Å². The topological polar surface area (TPSA) is 79.5 Å². The molecular formula is C14H7F3N2O3S. The van der Waals surface area contributed by atoms with Crippen molar-refractivity contribution in [2.24, 2.45) is 5.16 Å². The van der Waals surface area contributed by atoms with E-state index in [4.69, 9.17) is 5.26 Å². The summed E-state index contributed by atoms with van der Waals surface area (Å²) >= 11 is 0. The average Bonchev–Trinajstić information content (AvgIpc) is 2.53. The van der Waals surface area contributed by atoms with Crippen LogP contribution in [-0.4, -0.2) is 14.1 Å². The van der Waals surface area contributed by atoms with Crippen molar-refractivity contribution in [2.45, 2.75) is 4.90 Å². The van der Waals surface area contributed by atoms with Crippen molar-refractivity contribution in [2.75, 3.05) is 0 Å². The fourth-order valence-corrected chi connectivity index (χ4v) is 2.47. The molecule has 2 rings (SSSR count). The van der Waals surface area contributed by atoms with E-state index in [-0.39, 0.29) is 5.56 Å². The maximum Gasteiger partial charge on any atom is 0.364 e. The summed E-state index contributed by atoms with van der Waals surface area (Å²) in [6, 6.07) is 10.1. The highest BCUT2D eigenvalue weighted by atomic mass is 32.2. The Morgan fingerprint density at radius 3 is 2.26 bits per heavy atom. The Bertz CT molecular complexity index is 907. The molecule has 0 N–H and O–H groups in total. The molecule has 0 amide bonds. The highest BCUT2D eigenvalue weighted by Gasteiger charge is 2.29. The second-order valence-electron chi connectivity index (χ2n) is 4.12. The van der Waals surface area contributed by atoms with Gasteiger partial charge in [0.2, 0.25) is 0 Å². The highest BCUT2D eigenvalue weighted by molar-refractivity contribution is 7.86. The third kappa shape index (κ3) is 3.49. The van der Waals surface area contributed by atoms with Gasteiger partial charge in [-0.1, -0.05) is 35.5 Å². The van der Waals surface area contributed by atoms with Crippen molar-refractivity contribution in [1.82, 2.24) is 0 Å². The van der Waals surface area contributed by atoms with Crippen LogP contribution in [0.5, 0.6) is 0 Å². The van der Waals surface area contributed by atoms with Crippen LogP contribution in [0.15, 0.2) is 52.5 Å². The van der Waals surface area contributed by atoms with E-state index in [0.29, 0.717) is 12.1 Å². The third-order valence-electron chi connectivity index (χ3n) is 2.63. The number of halogens is 3. The standard InChI is InChI=1S/C14H7F3N2O3S/c15-10-6-7-11(16)14(13(10)17)23(20,21)22-19-12(8-18)9-4-2-1-3-5-9/h1-7H/b19-12+. The smallest absolute Gasteiger partial charge is 0.263 e. The SMILES string of the molecule is N#C/C(=N\OS(=O)(=O)c1c(F)ccc(F)c1F)c1ccccc1. The van der Waals surface area contributed by atoms with Crippen molar-refractivity contribution in [3.8, 4) is 6.07 Å². The zero-order chi connectivity index (χ0) is 17.0. The van der Waals surface area contributed by atoms with Gasteiger partial charge in [-0.3, -0.25) is 4.28 Å². The highest BCUT2D eigenvalue weighted by Crippen LogP contribution is 2.23. The lowest BCUT2D eigenvalue weighted by Crippen LogP contribution is -2.11. The van der Waals surface area contributed by atoms with Gasteiger partial charge >= 0.3 is 10.1 Å². The third-order valence-corrected chi connectivity index (χ3v) is 3.78. The lowest BCUT2D eigenvalue weighted by atomic mass is 10.1. The van der Waals surface area contributed by atoms with Crippen molar-refractivity contribution < 1.29 is 25.9 Å². The number of oxime groups is 1. The van der Waals surface area contributed by atoms with Gasteiger partial charge in [0.1, 0.15) is 11.9 Å². The molecule has 0 heterocycles. The van der Waals surface area contributed by atoms with Gasteiger partial charge in [-0.25, -0.2) is 13.2 Å². The van der Waals surface area contributed by atoms with Crippen LogP contribution < -0.4 is 0 Å². The summed E-state index contributed by atoms with van der Waals surface area (Å²) in [7, 11) is -5.09. The number of nitrogens with zero attached hydrogens (tertiary/aromatic N) is 2. The zero-order valence-corrected chi connectivity index (χ0v) is 12.0. The minimum absolute atomic E-state index is 0.227. The Morgan fingerprint density at radius 2 is 1.65 bits per heavy atom. The van der Waals surface area contributed by atoms with E-state index in [2.05, 4.69) is 9.44 Å². The maximum atomic E-state index is 13.5. The maximum absolute atomic E-state index is 13.5. The molecule has 9 heteroatoms. The lowest BCUT2D eigenvalue weighted by molar-refractivity contribution is 0.331. The number of hydrogen-bond acceptors (Lipinski definition) is 5. The van der Waals surface area contributed by atoms with E-state index >= 15 is 0 Å². The largest absolute Gasteiger partial charge is 0.364 e. The van der Waals surface area contributed by atoms with Crippen LogP contribution in [0, 0.1) is 28.8 Å². The van der Waals surface area contributed by atoms with Crippen molar-refractivity contribution in [3.63, 3.8) is 0 Å². The molecule has 5 nitrogen and oxygen atoms in total. The van der Waals surface area contributed by atoms with E-state index in [1.165, 1.54) is 12.1 Å². The van der Waals surface area contributed by atoms with Crippen LogP contribution in [0.1, 0.15) is 5.56 Å². The fraction of sp³-hybridized carbons (Fsp3) is 0. The molecule has 0 saturated heterocycles. The predicted octanol–water partition coefficient (Wildman–Crippen LogP) is 2.74. The van der Waals surface area contributed by atoms with E-state index < -0.39 is 38.2 Å². The van der Waals surface area contributed by atoms with E-state index in [0.717, 1.165) is 0 Å². The summed E-state index contributed by atoms with van der Waals surface area (Å²) in [5, 5.41) is 12.0. The minimum atomic E-state index is -5.09. The zero-order valence-electron chi connectivity index (χ0n) is 11.2. The van der Waals surface area contributed by atoms with Gasteiger partial charge in [-0.2, -0.15) is 13.7 Å². The molecule has 118 valence electrons. The second-order valence-corrected chi connectivity index (χ2v) is 5.58. The summed E-state index contributed by atoms with van der Waals surface area (Å²) in [5.41, 5.74) is -0.211. The average molecular weight is 340 g/mol. The van der Waals surface area contributed by atoms with Gasteiger partial charge in [0, 0.05) is 5.56 Å². The first-order valence-corrected chi connectivity index (χ1v) is 7.38. The predicted molar refractivity (Wildman–Crippen MR) is 73.2 cm³/mol. The lowest BCUT2D eigenvalue weighted by Gasteiger charge is -2.05. The molecule has 0 spiro atoms. The molecule has 0 aliphatic rings. The Balaban J connectivity index is 2.42. The molecule has 0 bridgehead atoms. The molecular weight excluding hydrogens is 333 g/mol. The Hall–Kier alpha value is -2.86. The van der Waals surface area contributed by atoms with Crippen LogP contribution >= 0.6 is 0 Å². The molecule has 0 unspecified atom stereocenters. The summed E-state index contributed by atoms with van der Waals surface area (Å²) in [5.74, 6) is -5.04. The summed E-state index contributed by atoms with van der Waals surface area (Å²) in [6.07, 6.45) is 0. The van der Waals surface area contributed by atoms with Crippen LogP contribution in [0.4, 0.5) is 13.2 Å². The first-order valence-electron chi connectivity index (χ1n) is 5.97. The van der Waals surface area contributed by atoms with Gasteiger partial charge in [0.15, 0.2) is 22.2 Å². The van der Waals surface area contributed by atoms with Gasteiger partial charge < -0.3 is 0 Å². The van der Waals surface area contributed by atoms with E-state index in [1.807, 2.05) is 0 Å². The van der Waals surface area contributed by atoms with Gasteiger partial charge in [0.25, 0.3) is 0 Å². The first-order chi connectivity index (χ1) is 10.9. The molecule has 0 fully saturated rings. The fourth-order valence-electron chi connectivity index (χ4n) is 1.59. The Morgan fingerprint density at radius 1 is 1.04 bits per heavy atom. The molecule has 0 aliphatic heterocycles. The van der Waals surface area contributed by atoms with Gasteiger partial charge in [-0.15, -0.1) is 0 Å². The van der Waals surface area contributed by atoms with Crippen molar-refractivity contribution >= 4 is 15.8 Å². The minimum Gasteiger partial charge on any atom is -0.263 e. The van der Waals surface area contributed by atoms with Gasteiger partial charge in [-0.05, 0) is 12.1 Å². The normalized spacial score (nSPS) is 11.8. The molecule has 0 aliphatic carbocycles. The second kappa shape index (κ2) is 6.50. The summed E-state index contributed by atoms with van der Waals surface area (Å²) in [4.78, 5) is -1.62. The molecule has 2 aromatic rings. The summed E-state index contributed by atoms with van der Waals surface area (Å²) in [6.45, 7) is 0. The molecule has 23 heavy (non-hydrogen) atoms. The van der Waals surface area contributed by atoms with Crippen LogP contribution in [0.2, 0.25) is 0 Å². The number of rotatable bonds is 4. The monoisotopic (exact) mass is 340 g/mol. The van der Waals surface area contributed by atoms with Crippen molar-refractivity contribution in [3.05, 3.63) is 65.5 Å². The Labute approximate surface area is 129 Å². The van der Waals surface area contributed by atoms with Crippen LogP contribution in [-0.2, 0) is 14.4 Å². The number of nitriles is 1. The quantitative estimate of drug-likeness (QED) is 0.487. The molecule has 0 aromatic heterocycles. The molecule has 0 saturated carbocycles. The van der Waals surface area contributed by atoms with Gasteiger partial charge in [0.05, 0.1) is 0 Å².